The summed E-state index contributed by atoms with van der Waals surface area (Å²) in [4.78, 5) is 22.7. The van der Waals surface area contributed by atoms with E-state index >= 15 is 0 Å². The molecule has 4 aromatic rings. The number of hydrogen-bond acceptors (Lipinski definition) is 10. The molecule has 11 nitrogen and oxygen atoms in total. The van der Waals surface area contributed by atoms with Crippen molar-refractivity contribution in [3.05, 3.63) is 59.2 Å². The fourth-order valence-electron chi connectivity index (χ4n) is 3.72. The number of nitrogens with two attached hydrogens (primary N) is 1. The fourth-order valence-corrected chi connectivity index (χ4v) is 5.06. The lowest BCUT2D eigenvalue weighted by atomic mass is 10.1. The molecule has 0 fully saturated rings. The van der Waals surface area contributed by atoms with Crippen molar-refractivity contribution in [1.82, 2.24) is 25.1 Å². The largest absolute Gasteiger partial charge is 0.444 e. The van der Waals surface area contributed by atoms with Gasteiger partial charge in [0.15, 0.2) is 21.3 Å². The highest BCUT2D eigenvalue weighted by Gasteiger charge is 2.22. The second-order valence-corrected chi connectivity index (χ2v) is 13.6. The highest BCUT2D eigenvalue weighted by atomic mass is 35.5. The molecule has 0 unspecified atom stereocenters. The number of amides is 1. The summed E-state index contributed by atoms with van der Waals surface area (Å²) in [5, 5.41) is 8.00. The number of anilines is 1. The van der Waals surface area contributed by atoms with Gasteiger partial charge in [-0.25, -0.2) is 23.2 Å². The average Bonchev–Trinajstić information content (AvgIpc) is 3.37. The van der Waals surface area contributed by atoms with E-state index in [4.69, 9.17) is 26.5 Å². The maximum Gasteiger partial charge on any atom is 0.410 e. The third-order valence-corrected chi connectivity index (χ3v) is 8.40. The van der Waals surface area contributed by atoms with Crippen LogP contribution < -0.4 is 5.73 Å². The summed E-state index contributed by atoms with van der Waals surface area (Å²) in [7, 11) is -1.76. The van der Waals surface area contributed by atoms with Crippen LogP contribution >= 0.6 is 11.6 Å². The molecule has 0 aliphatic carbocycles. The van der Waals surface area contributed by atoms with Gasteiger partial charge < -0.3 is 19.8 Å². The molecule has 41 heavy (non-hydrogen) atoms. The molecule has 2 heterocycles. The number of rotatable bonds is 7. The third-order valence-electron chi connectivity index (χ3n) is 5.92. The van der Waals surface area contributed by atoms with Crippen LogP contribution in [0.5, 0.6) is 0 Å². The third kappa shape index (κ3) is 6.83. The van der Waals surface area contributed by atoms with Gasteiger partial charge in [-0.2, -0.15) is 0 Å². The molecule has 0 aliphatic rings. The van der Waals surface area contributed by atoms with Crippen LogP contribution in [0.25, 0.3) is 34.3 Å². The molecular formula is C28H31ClN6O5S. The predicted octanol–water partition coefficient (Wildman–Crippen LogP) is 5.65. The lowest BCUT2D eigenvalue weighted by Crippen LogP contribution is -2.33. The van der Waals surface area contributed by atoms with E-state index in [1.807, 2.05) is 0 Å². The second-order valence-electron chi connectivity index (χ2n) is 10.7. The monoisotopic (exact) mass is 598 g/mol. The van der Waals surface area contributed by atoms with Gasteiger partial charge >= 0.3 is 6.09 Å². The minimum atomic E-state index is -3.40. The van der Waals surface area contributed by atoms with Gasteiger partial charge in [0.25, 0.3) is 5.89 Å². The Bertz CT molecular complexity index is 1680. The molecule has 0 atom stereocenters. The van der Waals surface area contributed by atoms with Gasteiger partial charge in [0, 0.05) is 19.2 Å². The Balaban J connectivity index is 1.56. The van der Waals surface area contributed by atoms with Crippen LogP contribution in [0.3, 0.4) is 0 Å². The number of aromatic nitrogens is 4. The molecule has 0 spiro atoms. The van der Waals surface area contributed by atoms with Crippen LogP contribution in [-0.4, -0.2) is 57.5 Å². The summed E-state index contributed by atoms with van der Waals surface area (Å²) in [6.45, 7) is 8.96. The Kier molecular flexibility index (Phi) is 8.36. The van der Waals surface area contributed by atoms with Gasteiger partial charge in [-0.3, -0.25) is 0 Å². The van der Waals surface area contributed by atoms with Crippen molar-refractivity contribution < 1.29 is 22.4 Å². The summed E-state index contributed by atoms with van der Waals surface area (Å²) in [5.41, 5.74) is 7.99. The summed E-state index contributed by atoms with van der Waals surface area (Å²) in [6.07, 6.45) is 1.03. The number of nitrogens with zero attached hydrogens (tertiary/aromatic N) is 5. The molecular weight excluding hydrogens is 568 g/mol. The Labute approximate surface area is 243 Å². The lowest BCUT2D eigenvalue weighted by Gasteiger charge is -2.24. The SMILES string of the molecule is CC(C)S(=O)(=O)c1ccc(-c2cnc(N)c(-c3nnc(-c4ccc(CN(C)C(=O)OC(C)(C)C)cc4Cl)o3)n2)cc1. The number of sulfone groups is 1. The quantitative estimate of drug-likeness (QED) is 0.282. The Hall–Kier alpha value is -4.03. The molecule has 1 amide bonds. The summed E-state index contributed by atoms with van der Waals surface area (Å²) in [6, 6.07) is 11.6. The van der Waals surface area contributed by atoms with E-state index in [2.05, 4.69) is 20.2 Å². The molecule has 0 aliphatic heterocycles. The van der Waals surface area contributed by atoms with Gasteiger partial charge in [-0.05, 0) is 64.4 Å². The minimum absolute atomic E-state index is 0.0376. The van der Waals surface area contributed by atoms with Crippen LogP contribution in [0, 0.1) is 0 Å². The second kappa shape index (κ2) is 11.5. The molecule has 13 heteroatoms. The van der Waals surface area contributed by atoms with Gasteiger partial charge in [-0.15, -0.1) is 10.2 Å². The number of carbonyl (C=O) groups is 1. The molecule has 0 radical (unpaired) electrons. The molecule has 4 rings (SSSR count). The highest BCUT2D eigenvalue weighted by molar-refractivity contribution is 7.92. The van der Waals surface area contributed by atoms with Crippen LogP contribution in [0.1, 0.15) is 40.2 Å². The Morgan fingerprint density at radius 3 is 2.37 bits per heavy atom. The zero-order valence-electron chi connectivity index (χ0n) is 23.5. The first-order chi connectivity index (χ1) is 19.2. The van der Waals surface area contributed by atoms with E-state index in [0.717, 1.165) is 5.56 Å². The topological polar surface area (TPSA) is 154 Å². The zero-order chi connectivity index (χ0) is 30.1. The number of nitrogen functional groups attached to an aromatic ring is 1. The number of benzene rings is 2. The first-order valence-corrected chi connectivity index (χ1v) is 14.6. The summed E-state index contributed by atoms with van der Waals surface area (Å²) >= 11 is 6.53. The molecule has 0 saturated carbocycles. The summed E-state index contributed by atoms with van der Waals surface area (Å²) < 4.78 is 36.1. The molecule has 2 aromatic carbocycles. The zero-order valence-corrected chi connectivity index (χ0v) is 25.1. The van der Waals surface area contributed by atoms with Crippen molar-refractivity contribution in [3.63, 3.8) is 0 Å². The van der Waals surface area contributed by atoms with Gasteiger partial charge in [0.1, 0.15) is 5.60 Å². The van der Waals surface area contributed by atoms with Crippen molar-refractivity contribution in [1.29, 1.82) is 0 Å². The van der Waals surface area contributed by atoms with Gasteiger partial charge in [0.2, 0.25) is 5.89 Å². The van der Waals surface area contributed by atoms with E-state index in [1.165, 1.54) is 23.2 Å². The predicted molar refractivity (Wildman–Crippen MR) is 156 cm³/mol. The van der Waals surface area contributed by atoms with Crippen molar-refractivity contribution in [2.75, 3.05) is 12.8 Å². The molecule has 2 N–H and O–H groups in total. The van der Waals surface area contributed by atoms with Crippen molar-refractivity contribution in [2.45, 2.75) is 56.9 Å². The van der Waals surface area contributed by atoms with E-state index < -0.39 is 26.8 Å². The molecule has 0 bridgehead atoms. The van der Waals surface area contributed by atoms with Crippen LogP contribution in [0.4, 0.5) is 10.6 Å². The molecule has 0 saturated heterocycles. The number of ether oxygens (including phenoxy) is 1. The maximum absolute atomic E-state index is 12.4. The van der Waals surface area contributed by atoms with E-state index in [0.29, 0.717) is 21.8 Å². The molecule has 2 aromatic heterocycles. The van der Waals surface area contributed by atoms with Crippen molar-refractivity contribution in [2.24, 2.45) is 0 Å². The number of hydrogen-bond donors (Lipinski definition) is 1. The van der Waals surface area contributed by atoms with Gasteiger partial charge in [0.05, 0.1) is 32.6 Å². The van der Waals surface area contributed by atoms with Crippen molar-refractivity contribution >= 4 is 33.3 Å². The van der Waals surface area contributed by atoms with Crippen LogP contribution in [0.15, 0.2) is 58.0 Å². The number of halogens is 1. The fraction of sp³-hybridized carbons (Fsp3) is 0.321. The highest BCUT2D eigenvalue weighted by Crippen LogP contribution is 2.32. The summed E-state index contributed by atoms with van der Waals surface area (Å²) in [5.74, 6) is 0.261. The lowest BCUT2D eigenvalue weighted by molar-refractivity contribution is 0.0285. The standard InChI is InChI=1S/C28H31ClN6O5S/c1-16(2)41(37,38)19-10-8-18(9-11-19)22-14-31-24(30)23(32-22)26-34-33-25(39-26)20-12-7-17(13-21(20)29)15-35(6)27(36)40-28(3,4)5/h7-14,16H,15H2,1-6H3,(H2,30,31). The first-order valence-electron chi connectivity index (χ1n) is 12.7. The molecule has 216 valence electrons. The van der Waals surface area contributed by atoms with E-state index in [-0.39, 0.29) is 34.7 Å². The van der Waals surface area contributed by atoms with Crippen molar-refractivity contribution in [3.8, 4) is 34.3 Å². The maximum atomic E-state index is 12.4. The average molecular weight is 599 g/mol. The van der Waals surface area contributed by atoms with Crippen LogP contribution in [0.2, 0.25) is 5.02 Å². The normalized spacial score (nSPS) is 12.0. The smallest absolute Gasteiger partial charge is 0.410 e. The van der Waals surface area contributed by atoms with Gasteiger partial charge in [-0.1, -0.05) is 29.8 Å². The van der Waals surface area contributed by atoms with Crippen LogP contribution in [-0.2, 0) is 21.1 Å². The Morgan fingerprint density at radius 2 is 1.76 bits per heavy atom. The van der Waals surface area contributed by atoms with E-state index in [1.54, 1.807) is 72.0 Å². The number of carbonyl (C=O) groups excluding carboxylic acids is 1. The minimum Gasteiger partial charge on any atom is -0.444 e. The first kappa shape index (κ1) is 29.9. The Morgan fingerprint density at radius 1 is 1.10 bits per heavy atom. The van der Waals surface area contributed by atoms with E-state index in [9.17, 15) is 13.2 Å².